The minimum absolute atomic E-state index is 0.108. The summed E-state index contributed by atoms with van der Waals surface area (Å²) in [5.41, 5.74) is 0. The zero-order valence-corrected chi connectivity index (χ0v) is 76.5. The molecule has 0 bridgehead atoms. The minimum Gasteiger partial charge on any atom is -0.462 e. The Kier molecular flexibility index (Phi) is 83.6. The van der Waals surface area contributed by atoms with Gasteiger partial charge in [0.15, 0.2) is 12.2 Å². The summed E-state index contributed by atoms with van der Waals surface area (Å²) in [7, 11) is -9.94. The molecular weight excluding hydrogens is 1460 g/mol. The lowest BCUT2D eigenvalue weighted by atomic mass is 9.99. The molecule has 0 saturated carbocycles. The molecule has 0 aliphatic heterocycles. The molecule has 0 spiro atoms. The van der Waals surface area contributed by atoms with Crippen molar-refractivity contribution in [2.45, 2.75) is 529 Å². The van der Waals surface area contributed by atoms with Gasteiger partial charge in [0.25, 0.3) is 0 Å². The lowest BCUT2D eigenvalue weighted by Crippen LogP contribution is -2.30. The molecule has 0 radical (unpaired) electrons. The highest BCUT2D eigenvalue weighted by atomic mass is 31.2. The second kappa shape index (κ2) is 85.1. The van der Waals surface area contributed by atoms with Gasteiger partial charge >= 0.3 is 39.5 Å². The number of aliphatic hydroxyl groups is 1. The molecule has 3 unspecified atom stereocenters. The first-order chi connectivity index (χ1) is 54.9. The van der Waals surface area contributed by atoms with E-state index in [2.05, 4.69) is 41.5 Å². The molecule has 6 atom stereocenters. The molecule has 0 aliphatic carbocycles. The van der Waals surface area contributed by atoms with Crippen LogP contribution in [0.2, 0.25) is 0 Å². The maximum atomic E-state index is 13.2. The first-order valence-electron chi connectivity index (χ1n) is 48.5. The second-order valence-corrected chi connectivity index (χ2v) is 37.4. The number of carbonyl (C=O) groups is 4. The maximum absolute atomic E-state index is 13.2. The topological polar surface area (TPSA) is 237 Å². The molecule has 672 valence electrons. The quantitative estimate of drug-likeness (QED) is 0.0222. The van der Waals surface area contributed by atoms with Crippen molar-refractivity contribution in [1.82, 2.24) is 0 Å². The van der Waals surface area contributed by atoms with E-state index in [-0.39, 0.29) is 25.7 Å². The van der Waals surface area contributed by atoms with Gasteiger partial charge in [-0.3, -0.25) is 37.3 Å². The van der Waals surface area contributed by atoms with E-state index < -0.39 is 97.5 Å². The molecule has 0 heterocycles. The van der Waals surface area contributed by atoms with E-state index in [1.807, 2.05) is 0 Å². The molecule has 0 fully saturated rings. The summed E-state index contributed by atoms with van der Waals surface area (Å²) in [6.45, 7) is 9.73. The summed E-state index contributed by atoms with van der Waals surface area (Å²) in [4.78, 5) is 73.5. The monoisotopic (exact) mass is 1650 g/mol. The third-order valence-electron chi connectivity index (χ3n) is 22.6. The first kappa shape index (κ1) is 111. The Morgan fingerprint density at radius 2 is 0.451 bits per heavy atom. The van der Waals surface area contributed by atoms with Gasteiger partial charge in [-0.05, 0) is 37.5 Å². The van der Waals surface area contributed by atoms with E-state index in [9.17, 15) is 43.2 Å². The van der Waals surface area contributed by atoms with Gasteiger partial charge in [-0.25, -0.2) is 9.13 Å². The van der Waals surface area contributed by atoms with Crippen LogP contribution < -0.4 is 0 Å². The summed E-state index contributed by atoms with van der Waals surface area (Å²) >= 11 is 0. The van der Waals surface area contributed by atoms with E-state index >= 15 is 0 Å². The van der Waals surface area contributed by atoms with Crippen LogP contribution in [-0.2, 0) is 65.4 Å². The van der Waals surface area contributed by atoms with Gasteiger partial charge in [-0.15, -0.1) is 0 Å². The zero-order valence-electron chi connectivity index (χ0n) is 74.7. The van der Waals surface area contributed by atoms with Crippen molar-refractivity contribution in [3.63, 3.8) is 0 Å². The van der Waals surface area contributed by atoms with E-state index in [1.54, 1.807) is 0 Å². The number of unbranched alkanes of at least 4 members (excludes halogenated alkanes) is 62. The van der Waals surface area contributed by atoms with E-state index in [0.29, 0.717) is 25.7 Å². The van der Waals surface area contributed by atoms with Crippen molar-refractivity contribution >= 4 is 39.5 Å². The molecule has 0 aromatic heterocycles. The van der Waals surface area contributed by atoms with Crippen LogP contribution in [0, 0.1) is 11.8 Å². The summed E-state index contributed by atoms with van der Waals surface area (Å²) in [6.07, 6.45) is 80.8. The predicted molar refractivity (Wildman–Crippen MR) is 469 cm³/mol. The molecule has 19 heteroatoms. The van der Waals surface area contributed by atoms with Crippen molar-refractivity contribution in [1.29, 1.82) is 0 Å². The summed E-state index contributed by atoms with van der Waals surface area (Å²) in [5, 5.41) is 10.7. The molecule has 3 N–H and O–H groups in total. The van der Waals surface area contributed by atoms with Crippen LogP contribution >= 0.6 is 15.6 Å². The fourth-order valence-electron chi connectivity index (χ4n) is 14.8. The van der Waals surface area contributed by atoms with E-state index in [0.717, 1.165) is 102 Å². The SMILES string of the molecule is CCCCCCCCCCCCCCCCCCCCCCCCC(=O)OC[C@H](COP(=O)(O)OC[C@@H](O)COP(=O)(O)OC[C@@H](COC(=O)CCCCCCCCCCC(C)C)OC(=O)CCCCCCCCCCCCCCCCC(C)CC)OC(=O)CCCCCCCCCCCCCCCCCCCCCCCC. The van der Waals surface area contributed by atoms with Crippen LogP contribution in [0.15, 0.2) is 0 Å². The fraction of sp³-hybridized carbons (Fsp3) is 0.957. The number of carbonyl (C=O) groups excluding carboxylic acids is 4. The Balaban J connectivity index is 5.22. The van der Waals surface area contributed by atoms with Gasteiger partial charge in [-0.1, -0.05) is 459 Å². The Morgan fingerprint density at radius 3 is 0.673 bits per heavy atom. The lowest BCUT2D eigenvalue weighted by molar-refractivity contribution is -0.161. The van der Waals surface area contributed by atoms with Gasteiger partial charge in [0.05, 0.1) is 26.4 Å². The molecule has 113 heavy (non-hydrogen) atoms. The van der Waals surface area contributed by atoms with Gasteiger partial charge in [0, 0.05) is 25.7 Å². The van der Waals surface area contributed by atoms with Crippen molar-refractivity contribution in [3.05, 3.63) is 0 Å². The van der Waals surface area contributed by atoms with E-state index in [4.69, 9.17) is 37.0 Å². The summed E-state index contributed by atoms with van der Waals surface area (Å²) < 4.78 is 69.1. The number of phosphoric acid groups is 2. The number of rotatable bonds is 93. The fourth-order valence-corrected chi connectivity index (χ4v) is 16.4. The van der Waals surface area contributed by atoms with Crippen LogP contribution in [-0.4, -0.2) is 96.7 Å². The highest BCUT2D eigenvalue weighted by Gasteiger charge is 2.31. The Labute approximate surface area is 696 Å². The molecule has 0 aromatic carbocycles. The molecule has 0 aromatic rings. The minimum atomic E-state index is -4.97. The van der Waals surface area contributed by atoms with Crippen molar-refractivity contribution in [2.75, 3.05) is 39.6 Å². The van der Waals surface area contributed by atoms with E-state index in [1.165, 1.54) is 327 Å². The highest BCUT2D eigenvalue weighted by molar-refractivity contribution is 7.47. The van der Waals surface area contributed by atoms with Gasteiger partial charge in [0.1, 0.15) is 19.3 Å². The smallest absolute Gasteiger partial charge is 0.462 e. The van der Waals surface area contributed by atoms with Crippen molar-refractivity contribution in [3.8, 4) is 0 Å². The van der Waals surface area contributed by atoms with Crippen LogP contribution in [0.3, 0.4) is 0 Å². The average molecular weight is 1650 g/mol. The Bertz CT molecular complexity index is 2150. The van der Waals surface area contributed by atoms with Gasteiger partial charge < -0.3 is 33.8 Å². The van der Waals surface area contributed by atoms with Crippen molar-refractivity contribution in [2.24, 2.45) is 11.8 Å². The first-order valence-corrected chi connectivity index (χ1v) is 51.5. The molecular formula is C94H184O17P2. The molecule has 0 saturated heterocycles. The van der Waals surface area contributed by atoms with Crippen molar-refractivity contribution < 1.29 is 80.2 Å². The number of phosphoric ester groups is 2. The van der Waals surface area contributed by atoms with Crippen LogP contribution in [0.4, 0.5) is 0 Å². The highest BCUT2D eigenvalue weighted by Crippen LogP contribution is 2.45. The normalized spacial score (nSPS) is 13.9. The Morgan fingerprint density at radius 1 is 0.257 bits per heavy atom. The van der Waals surface area contributed by atoms with Crippen LogP contribution in [0.5, 0.6) is 0 Å². The molecule has 17 nitrogen and oxygen atoms in total. The number of ether oxygens (including phenoxy) is 4. The summed E-state index contributed by atoms with van der Waals surface area (Å²) in [6, 6.07) is 0. The molecule has 0 amide bonds. The number of hydrogen-bond acceptors (Lipinski definition) is 15. The third-order valence-corrected chi connectivity index (χ3v) is 24.5. The molecule has 0 rings (SSSR count). The maximum Gasteiger partial charge on any atom is 0.472 e. The van der Waals surface area contributed by atoms with Crippen LogP contribution in [0.25, 0.3) is 0 Å². The zero-order chi connectivity index (χ0) is 82.7. The van der Waals surface area contributed by atoms with Gasteiger partial charge in [0.2, 0.25) is 0 Å². The number of hydrogen-bond donors (Lipinski definition) is 3. The lowest BCUT2D eigenvalue weighted by Gasteiger charge is -2.21. The van der Waals surface area contributed by atoms with Gasteiger partial charge in [-0.2, -0.15) is 0 Å². The summed E-state index contributed by atoms with van der Waals surface area (Å²) in [5.74, 6) is -0.523. The molecule has 0 aliphatic rings. The largest absolute Gasteiger partial charge is 0.472 e. The predicted octanol–water partition coefficient (Wildman–Crippen LogP) is 29.4. The second-order valence-electron chi connectivity index (χ2n) is 34.5. The Hall–Kier alpha value is -1.94. The average Bonchev–Trinajstić information content (AvgIpc) is 0.901. The number of esters is 4. The number of aliphatic hydroxyl groups excluding tert-OH is 1. The van der Waals surface area contributed by atoms with Crippen LogP contribution in [0.1, 0.15) is 510 Å². The third kappa shape index (κ3) is 86.3. The standard InChI is InChI=1S/C94H184O17P2/c1-7-10-12-14-16-18-20-22-24-26-28-30-32-34-36-38-43-47-51-58-64-70-76-91(96)104-82-89(110-93(98)78-72-66-60-52-48-44-39-37-35-33-31-29-27-25-23-21-19-17-15-13-11-8-2)84-108-112(100,101)106-80-88(95)81-107-113(102,103)109-85-90(83-105-92(97)77-71-65-59-55-54-56-62-68-74-86(4)5)111-94(99)79-73-67-61-53-49-45-41-40-42-46-50-57-63-69-75-87(6)9-3/h86-90,95H,7-85H2,1-6H3,(H,100,101)(H,102,103)/t87?,88-,89-,90-/m1/s1.